The first-order valence-corrected chi connectivity index (χ1v) is 10.7. The maximum absolute atomic E-state index is 12.8. The molecule has 1 aromatic heterocycles. The van der Waals surface area contributed by atoms with Gasteiger partial charge in [0.15, 0.2) is 0 Å². The molecule has 1 aromatic carbocycles. The third-order valence-electron chi connectivity index (χ3n) is 5.40. The van der Waals surface area contributed by atoms with Crippen molar-refractivity contribution in [2.75, 3.05) is 11.9 Å². The molecule has 0 bridgehead atoms. The summed E-state index contributed by atoms with van der Waals surface area (Å²) in [7, 11) is 0. The van der Waals surface area contributed by atoms with Crippen LogP contribution in [-0.2, 0) is 22.4 Å². The largest absolute Gasteiger partial charge is 0.462 e. The van der Waals surface area contributed by atoms with Crippen LogP contribution in [0.1, 0.15) is 64.9 Å². The van der Waals surface area contributed by atoms with Gasteiger partial charge in [0.2, 0.25) is 5.91 Å². The molecule has 1 saturated carbocycles. The number of hydrogen-bond donors (Lipinski definition) is 1. The van der Waals surface area contributed by atoms with Crippen molar-refractivity contribution in [2.24, 2.45) is 5.92 Å². The molecule has 1 fully saturated rings. The van der Waals surface area contributed by atoms with E-state index >= 15 is 0 Å². The van der Waals surface area contributed by atoms with Crippen LogP contribution in [0.3, 0.4) is 0 Å². The number of ether oxygens (including phenoxy) is 1. The molecule has 0 radical (unpaired) electrons. The van der Waals surface area contributed by atoms with Gasteiger partial charge in [0.25, 0.3) is 0 Å². The van der Waals surface area contributed by atoms with E-state index in [0.717, 1.165) is 44.1 Å². The number of nitrogens with one attached hydrogen (secondary N) is 1. The molecule has 2 atom stereocenters. The number of thiophene rings is 1. The summed E-state index contributed by atoms with van der Waals surface area (Å²) in [5.74, 6) is 0.0104. The maximum atomic E-state index is 12.8. The van der Waals surface area contributed by atoms with Crippen molar-refractivity contribution < 1.29 is 14.3 Å². The van der Waals surface area contributed by atoms with Gasteiger partial charge in [-0.3, -0.25) is 4.79 Å². The molecule has 1 heterocycles. The topological polar surface area (TPSA) is 55.4 Å². The number of anilines is 1. The molecule has 142 valence electrons. The van der Waals surface area contributed by atoms with Gasteiger partial charge < -0.3 is 10.1 Å². The third-order valence-corrected chi connectivity index (χ3v) is 6.61. The predicted molar refractivity (Wildman–Crippen MR) is 107 cm³/mol. The minimum Gasteiger partial charge on any atom is -0.462 e. The van der Waals surface area contributed by atoms with E-state index in [1.807, 2.05) is 25.1 Å². The summed E-state index contributed by atoms with van der Waals surface area (Å²) in [5, 5.41) is 3.75. The molecule has 1 N–H and O–H groups in total. The van der Waals surface area contributed by atoms with E-state index in [2.05, 4.69) is 17.4 Å². The zero-order chi connectivity index (χ0) is 18.8. The van der Waals surface area contributed by atoms with Gasteiger partial charge in [-0.1, -0.05) is 37.3 Å². The lowest BCUT2D eigenvalue weighted by Gasteiger charge is -2.12. The Hall–Kier alpha value is -2.14. The molecule has 4 nitrogen and oxygen atoms in total. The standard InChI is InChI=1S/C22H25NO3S/c1-2-12-26-22(25)19-15-10-6-7-11-18(15)27-21(19)23-20(24)17-13-16(17)14-8-4-3-5-9-14/h3-5,8-9,16-17H,2,6-7,10-13H2,1H3,(H,23,24)/t16-,17+/m0/s1. The normalized spacial score (nSPS) is 20.6. The fourth-order valence-corrected chi connectivity index (χ4v) is 5.18. The molecule has 4 rings (SSSR count). The molecule has 1 amide bonds. The zero-order valence-corrected chi connectivity index (χ0v) is 16.4. The number of aryl methyl sites for hydroxylation is 1. The quantitative estimate of drug-likeness (QED) is 0.719. The van der Waals surface area contributed by atoms with Crippen molar-refractivity contribution in [1.82, 2.24) is 0 Å². The van der Waals surface area contributed by atoms with Crippen molar-refractivity contribution in [3.8, 4) is 0 Å². The van der Waals surface area contributed by atoms with E-state index < -0.39 is 0 Å². The molecular weight excluding hydrogens is 358 g/mol. The molecule has 0 aliphatic heterocycles. The second kappa shape index (κ2) is 7.85. The highest BCUT2D eigenvalue weighted by Gasteiger charge is 2.44. The van der Waals surface area contributed by atoms with Crippen LogP contribution in [0.2, 0.25) is 0 Å². The molecule has 0 unspecified atom stereocenters. The third kappa shape index (κ3) is 3.79. The van der Waals surface area contributed by atoms with Gasteiger partial charge in [-0.2, -0.15) is 0 Å². The van der Waals surface area contributed by atoms with Gasteiger partial charge in [-0.15, -0.1) is 11.3 Å². The summed E-state index contributed by atoms with van der Waals surface area (Å²) in [6.07, 6.45) is 5.78. The Morgan fingerprint density at radius 2 is 1.96 bits per heavy atom. The van der Waals surface area contributed by atoms with Gasteiger partial charge in [0.05, 0.1) is 12.2 Å². The number of fused-ring (bicyclic) bond motifs is 1. The molecule has 0 saturated heterocycles. The fourth-order valence-electron chi connectivity index (χ4n) is 3.89. The Bertz CT molecular complexity index is 843. The van der Waals surface area contributed by atoms with E-state index in [1.165, 1.54) is 10.4 Å². The van der Waals surface area contributed by atoms with Crippen LogP contribution >= 0.6 is 11.3 Å². The van der Waals surface area contributed by atoms with E-state index in [9.17, 15) is 9.59 Å². The Kier molecular flexibility index (Phi) is 5.30. The average Bonchev–Trinajstić information content (AvgIpc) is 3.42. The SMILES string of the molecule is CCCOC(=O)c1c(NC(=O)[C@@H]2C[C@H]2c2ccccc2)sc2c1CCCC2. The van der Waals surface area contributed by atoms with Gasteiger partial charge in [-0.25, -0.2) is 4.79 Å². The smallest absolute Gasteiger partial charge is 0.341 e. The summed E-state index contributed by atoms with van der Waals surface area (Å²) < 4.78 is 5.41. The summed E-state index contributed by atoms with van der Waals surface area (Å²) in [5.41, 5.74) is 2.91. The molecule has 27 heavy (non-hydrogen) atoms. The Morgan fingerprint density at radius 1 is 1.19 bits per heavy atom. The molecule has 0 spiro atoms. The highest BCUT2D eigenvalue weighted by Crippen LogP contribution is 2.48. The van der Waals surface area contributed by atoms with E-state index in [0.29, 0.717) is 17.2 Å². The molecule has 5 heteroatoms. The summed E-state index contributed by atoms with van der Waals surface area (Å²) in [6, 6.07) is 10.2. The fraction of sp³-hybridized carbons (Fsp3) is 0.455. The first-order valence-electron chi connectivity index (χ1n) is 9.86. The molecular formula is C22H25NO3S. The predicted octanol–water partition coefficient (Wildman–Crippen LogP) is 4.94. The molecule has 2 aromatic rings. The van der Waals surface area contributed by atoms with Crippen LogP contribution in [0.15, 0.2) is 30.3 Å². The van der Waals surface area contributed by atoms with E-state index in [1.54, 1.807) is 11.3 Å². The molecule has 2 aliphatic rings. The maximum Gasteiger partial charge on any atom is 0.341 e. The molecule has 2 aliphatic carbocycles. The second-order valence-electron chi connectivity index (χ2n) is 7.40. The van der Waals surface area contributed by atoms with Gasteiger partial charge >= 0.3 is 5.97 Å². The minimum atomic E-state index is -0.290. The van der Waals surface area contributed by atoms with Crippen molar-refractivity contribution in [3.63, 3.8) is 0 Å². The van der Waals surface area contributed by atoms with Crippen molar-refractivity contribution >= 4 is 28.2 Å². The number of hydrogen-bond acceptors (Lipinski definition) is 4. The van der Waals surface area contributed by atoms with Crippen LogP contribution in [0.25, 0.3) is 0 Å². The van der Waals surface area contributed by atoms with Crippen molar-refractivity contribution in [3.05, 3.63) is 51.9 Å². The monoisotopic (exact) mass is 383 g/mol. The number of benzene rings is 1. The van der Waals surface area contributed by atoms with Crippen LogP contribution < -0.4 is 5.32 Å². The zero-order valence-electron chi connectivity index (χ0n) is 15.6. The van der Waals surface area contributed by atoms with Crippen molar-refractivity contribution in [1.29, 1.82) is 0 Å². The lowest BCUT2D eigenvalue weighted by Crippen LogP contribution is -2.17. The van der Waals surface area contributed by atoms with Crippen LogP contribution in [0, 0.1) is 5.92 Å². The minimum absolute atomic E-state index is 0.00830. The lowest BCUT2D eigenvalue weighted by atomic mass is 9.95. The number of esters is 1. The van der Waals surface area contributed by atoms with Gasteiger partial charge in [-0.05, 0) is 55.6 Å². The van der Waals surface area contributed by atoms with Crippen LogP contribution in [0.4, 0.5) is 5.00 Å². The number of carbonyl (C=O) groups excluding carboxylic acids is 2. The number of carbonyl (C=O) groups is 2. The van der Waals surface area contributed by atoms with Gasteiger partial charge in [0.1, 0.15) is 5.00 Å². The Labute approximate surface area is 163 Å². The van der Waals surface area contributed by atoms with Gasteiger partial charge in [0, 0.05) is 10.8 Å². The van der Waals surface area contributed by atoms with Crippen LogP contribution in [-0.4, -0.2) is 18.5 Å². The number of amides is 1. The first-order chi connectivity index (χ1) is 13.2. The highest BCUT2D eigenvalue weighted by atomic mass is 32.1. The first kappa shape index (κ1) is 18.2. The van der Waals surface area contributed by atoms with Crippen LogP contribution in [0.5, 0.6) is 0 Å². The van der Waals surface area contributed by atoms with E-state index in [4.69, 9.17) is 4.74 Å². The average molecular weight is 384 g/mol. The summed E-state index contributed by atoms with van der Waals surface area (Å²) in [6.45, 7) is 2.39. The van der Waals surface area contributed by atoms with Crippen molar-refractivity contribution in [2.45, 2.75) is 51.4 Å². The summed E-state index contributed by atoms with van der Waals surface area (Å²) >= 11 is 1.56. The summed E-state index contributed by atoms with van der Waals surface area (Å²) in [4.78, 5) is 26.7. The Balaban J connectivity index is 1.52. The van der Waals surface area contributed by atoms with E-state index in [-0.39, 0.29) is 23.7 Å². The second-order valence-corrected chi connectivity index (χ2v) is 8.50. The number of rotatable bonds is 6. The Morgan fingerprint density at radius 3 is 2.74 bits per heavy atom. The highest BCUT2D eigenvalue weighted by molar-refractivity contribution is 7.17. The lowest BCUT2D eigenvalue weighted by molar-refractivity contribution is -0.117.